The first kappa shape index (κ1) is 19.5. The molecule has 0 saturated carbocycles. The Kier molecular flexibility index (Phi) is 6.22. The Morgan fingerprint density at radius 3 is 2.00 bits per heavy atom. The number of hydrogen-bond donors (Lipinski definition) is 1. The number of carbonyl (C=O) groups is 1. The van der Waals surface area contributed by atoms with Crippen molar-refractivity contribution in [1.29, 1.82) is 0 Å². The molecule has 0 saturated heterocycles. The molecule has 0 bridgehead atoms. The zero-order valence-corrected chi connectivity index (χ0v) is 15.9. The average Bonchev–Trinajstić information content (AvgIpc) is 2.34. The minimum absolute atomic E-state index is 0.0101. The summed E-state index contributed by atoms with van der Waals surface area (Å²) in [5.74, 6) is -0.00974. The molecule has 0 aliphatic rings. The molecule has 6 heteroatoms. The number of aryl methyl sites for hydroxylation is 3. The Labute approximate surface area is 140 Å². The van der Waals surface area contributed by atoms with E-state index >= 15 is 0 Å². The number of rotatable bonds is 6. The van der Waals surface area contributed by atoms with Crippen LogP contribution >= 0.6 is 0 Å². The molecule has 0 spiro atoms. The number of hydrogen-bond acceptors (Lipinski definition) is 3. The van der Waals surface area contributed by atoms with E-state index in [1.165, 1.54) is 4.31 Å². The highest BCUT2D eigenvalue weighted by atomic mass is 32.2. The monoisotopic (exact) mass is 340 g/mol. The lowest BCUT2D eigenvalue weighted by Gasteiger charge is -2.27. The van der Waals surface area contributed by atoms with Gasteiger partial charge < -0.3 is 5.32 Å². The molecular weight excluding hydrogens is 312 g/mol. The molecule has 1 rings (SSSR count). The van der Waals surface area contributed by atoms with Crippen LogP contribution in [-0.4, -0.2) is 33.2 Å². The van der Waals surface area contributed by atoms with E-state index in [9.17, 15) is 13.2 Å². The third-order valence-corrected chi connectivity index (χ3v) is 5.07. The lowest BCUT2D eigenvalue weighted by atomic mass is 10.0. The molecule has 1 aromatic carbocycles. The van der Waals surface area contributed by atoms with Crippen LogP contribution in [0.5, 0.6) is 0 Å². The lowest BCUT2D eigenvalue weighted by molar-refractivity contribution is -0.120. The zero-order chi connectivity index (χ0) is 17.9. The van der Waals surface area contributed by atoms with E-state index in [4.69, 9.17) is 0 Å². The maximum Gasteiger partial charge on any atom is 0.240 e. The molecular formula is C17H28N2O3S. The first-order valence-corrected chi connectivity index (χ1v) is 9.63. The fraction of sp³-hybridized carbons (Fsp3) is 0.588. The summed E-state index contributed by atoms with van der Waals surface area (Å²) in [5, 5.41) is 2.86. The molecule has 1 aromatic rings. The molecule has 0 aliphatic carbocycles. The predicted molar refractivity (Wildman–Crippen MR) is 95.3 cm³/mol. The third-order valence-electron chi connectivity index (χ3n) is 3.96. The summed E-state index contributed by atoms with van der Waals surface area (Å²) >= 11 is 0. The van der Waals surface area contributed by atoms with Crippen molar-refractivity contribution in [2.45, 2.75) is 47.6 Å². The summed E-state index contributed by atoms with van der Waals surface area (Å²) in [4.78, 5) is 12.3. The van der Waals surface area contributed by atoms with Crippen LogP contribution in [0.3, 0.4) is 0 Å². The fourth-order valence-corrected chi connectivity index (χ4v) is 3.50. The second-order valence-electron chi connectivity index (χ2n) is 6.62. The van der Waals surface area contributed by atoms with Crippen molar-refractivity contribution >= 4 is 21.6 Å². The molecule has 1 amide bonds. The summed E-state index contributed by atoms with van der Waals surface area (Å²) in [5.41, 5.74) is 3.34. The first-order valence-electron chi connectivity index (χ1n) is 7.78. The van der Waals surface area contributed by atoms with Crippen molar-refractivity contribution in [3.8, 4) is 0 Å². The predicted octanol–water partition coefficient (Wildman–Crippen LogP) is 2.54. The Hall–Kier alpha value is -1.56. The molecule has 130 valence electrons. The van der Waals surface area contributed by atoms with Crippen LogP contribution in [0, 0.1) is 26.7 Å². The van der Waals surface area contributed by atoms with E-state index in [2.05, 4.69) is 5.32 Å². The fourth-order valence-electron chi connectivity index (χ4n) is 2.52. The molecule has 0 aromatic heterocycles. The Morgan fingerprint density at radius 2 is 1.61 bits per heavy atom. The molecule has 1 atom stereocenters. The topological polar surface area (TPSA) is 66.5 Å². The van der Waals surface area contributed by atoms with Crippen LogP contribution in [0.15, 0.2) is 12.1 Å². The maximum atomic E-state index is 12.3. The summed E-state index contributed by atoms with van der Waals surface area (Å²) in [7, 11) is -3.55. The highest BCUT2D eigenvalue weighted by Gasteiger charge is 2.25. The minimum atomic E-state index is -3.55. The van der Waals surface area contributed by atoms with Gasteiger partial charge in [0.2, 0.25) is 15.9 Å². The Bertz CT molecular complexity index is 658. The van der Waals surface area contributed by atoms with Crippen LogP contribution in [0.25, 0.3) is 0 Å². The zero-order valence-electron chi connectivity index (χ0n) is 15.1. The lowest BCUT2D eigenvalue weighted by Crippen LogP contribution is -2.45. The van der Waals surface area contributed by atoms with Gasteiger partial charge in [0.25, 0.3) is 0 Å². The normalized spacial score (nSPS) is 13.0. The number of sulfonamides is 1. The summed E-state index contributed by atoms with van der Waals surface area (Å²) < 4.78 is 25.6. The standard InChI is InChI=1S/C17H28N2O3S/c1-11(2)15(6)18-16(20)10-19(23(7,21)22)17-13(4)8-12(3)9-14(17)5/h8-9,11,15H,10H2,1-7H3,(H,18,20)/t15-/m0/s1. The molecule has 0 aliphatic heterocycles. The Balaban J connectivity index is 3.16. The first-order chi connectivity index (χ1) is 10.4. The molecule has 1 N–H and O–H groups in total. The van der Waals surface area contributed by atoms with Crippen molar-refractivity contribution in [2.75, 3.05) is 17.1 Å². The van der Waals surface area contributed by atoms with E-state index in [0.29, 0.717) is 5.69 Å². The number of nitrogens with one attached hydrogen (secondary N) is 1. The Morgan fingerprint density at radius 1 is 1.13 bits per heavy atom. The minimum Gasteiger partial charge on any atom is -0.352 e. The highest BCUT2D eigenvalue weighted by Crippen LogP contribution is 2.28. The van der Waals surface area contributed by atoms with E-state index in [1.54, 1.807) is 0 Å². The molecule has 0 fully saturated rings. The van der Waals surface area contributed by atoms with Crippen molar-refractivity contribution in [3.05, 3.63) is 28.8 Å². The summed E-state index contributed by atoms with van der Waals surface area (Å²) in [6.07, 6.45) is 1.13. The van der Waals surface area contributed by atoms with Gasteiger partial charge in [-0.25, -0.2) is 8.42 Å². The number of carbonyl (C=O) groups excluding carboxylic acids is 1. The van der Waals surface area contributed by atoms with Gasteiger partial charge >= 0.3 is 0 Å². The van der Waals surface area contributed by atoms with E-state index in [1.807, 2.05) is 53.7 Å². The van der Waals surface area contributed by atoms with Gasteiger partial charge in [0.15, 0.2) is 0 Å². The molecule has 0 radical (unpaired) electrons. The molecule has 23 heavy (non-hydrogen) atoms. The van der Waals surface area contributed by atoms with Crippen LogP contribution in [0.4, 0.5) is 5.69 Å². The van der Waals surface area contributed by atoms with Gasteiger partial charge in [0, 0.05) is 6.04 Å². The second kappa shape index (κ2) is 7.34. The van der Waals surface area contributed by atoms with E-state index < -0.39 is 10.0 Å². The van der Waals surface area contributed by atoms with E-state index in [-0.39, 0.29) is 24.4 Å². The van der Waals surface area contributed by atoms with Crippen LogP contribution in [0.2, 0.25) is 0 Å². The number of amides is 1. The van der Waals surface area contributed by atoms with Crippen molar-refractivity contribution in [2.24, 2.45) is 5.92 Å². The highest BCUT2D eigenvalue weighted by molar-refractivity contribution is 7.92. The van der Waals surface area contributed by atoms with Crippen LogP contribution in [0.1, 0.15) is 37.5 Å². The number of anilines is 1. The van der Waals surface area contributed by atoms with Crippen molar-refractivity contribution < 1.29 is 13.2 Å². The van der Waals surface area contributed by atoms with Gasteiger partial charge in [0.1, 0.15) is 6.54 Å². The van der Waals surface area contributed by atoms with Gasteiger partial charge in [-0.1, -0.05) is 31.5 Å². The largest absolute Gasteiger partial charge is 0.352 e. The van der Waals surface area contributed by atoms with Gasteiger partial charge in [-0.2, -0.15) is 0 Å². The van der Waals surface area contributed by atoms with Crippen LogP contribution < -0.4 is 9.62 Å². The molecule has 0 heterocycles. The number of benzene rings is 1. The van der Waals surface area contributed by atoms with E-state index in [0.717, 1.165) is 22.9 Å². The number of nitrogens with zero attached hydrogens (tertiary/aromatic N) is 1. The maximum absolute atomic E-state index is 12.3. The second-order valence-corrected chi connectivity index (χ2v) is 8.52. The van der Waals surface area contributed by atoms with Crippen molar-refractivity contribution in [1.82, 2.24) is 5.32 Å². The van der Waals surface area contributed by atoms with Gasteiger partial charge in [0.05, 0.1) is 11.9 Å². The van der Waals surface area contributed by atoms with Crippen molar-refractivity contribution in [3.63, 3.8) is 0 Å². The van der Waals surface area contributed by atoms with Gasteiger partial charge in [-0.3, -0.25) is 9.10 Å². The van der Waals surface area contributed by atoms with Crippen LogP contribution in [-0.2, 0) is 14.8 Å². The summed E-state index contributed by atoms with van der Waals surface area (Å²) in [6.45, 7) is 11.4. The average molecular weight is 340 g/mol. The smallest absolute Gasteiger partial charge is 0.240 e. The molecule has 5 nitrogen and oxygen atoms in total. The SMILES string of the molecule is Cc1cc(C)c(N(CC(=O)N[C@@H](C)C(C)C)S(C)(=O)=O)c(C)c1. The quantitative estimate of drug-likeness (QED) is 0.865. The van der Waals surface area contributed by atoms with Gasteiger partial charge in [-0.15, -0.1) is 0 Å². The molecule has 0 unspecified atom stereocenters. The third kappa shape index (κ3) is 5.23. The van der Waals surface area contributed by atoms with Gasteiger partial charge in [-0.05, 0) is 44.7 Å². The summed E-state index contributed by atoms with van der Waals surface area (Å²) in [6, 6.07) is 3.84.